The van der Waals surface area contributed by atoms with E-state index in [2.05, 4.69) is 0 Å². The van der Waals surface area contributed by atoms with Gasteiger partial charge in [0.2, 0.25) is 0 Å². The van der Waals surface area contributed by atoms with Crippen molar-refractivity contribution in [2.75, 3.05) is 13.1 Å². The molecule has 0 aliphatic carbocycles. The molecule has 1 aromatic rings. The van der Waals surface area contributed by atoms with Gasteiger partial charge in [0.05, 0.1) is 0 Å². The summed E-state index contributed by atoms with van der Waals surface area (Å²) in [6, 6.07) is 5.75. The van der Waals surface area contributed by atoms with Gasteiger partial charge in [-0.1, -0.05) is 12.8 Å². The molecule has 0 N–H and O–H groups in total. The van der Waals surface area contributed by atoms with Gasteiger partial charge in [-0.2, -0.15) is 0 Å². The second-order valence-electron chi connectivity index (χ2n) is 4.95. The molecule has 1 amide bonds. The van der Waals surface area contributed by atoms with Crippen molar-refractivity contribution in [1.29, 1.82) is 0 Å². The lowest BCUT2D eigenvalue weighted by atomic mass is 10.2. The number of likely N-dealkylation sites (tertiary alicyclic amines) is 1. The van der Waals surface area contributed by atoms with Gasteiger partial charge in [0, 0.05) is 13.1 Å². The van der Waals surface area contributed by atoms with Crippen molar-refractivity contribution in [3.8, 4) is 5.75 Å². The Morgan fingerprint density at radius 3 is 2.32 bits per heavy atom. The van der Waals surface area contributed by atoms with E-state index in [1.165, 1.54) is 25.0 Å². The molecule has 1 aliphatic rings. The predicted molar refractivity (Wildman–Crippen MR) is 71.5 cm³/mol. The van der Waals surface area contributed by atoms with Crippen LogP contribution < -0.4 is 4.74 Å². The van der Waals surface area contributed by atoms with Crippen molar-refractivity contribution in [2.45, 2.75) is 38.7 Å². The van der Waals surface area contributed by atoms with Crippen LogP contribution in [-0.2, 0) is 4.79 Å². The summed E-state index contributed by atoms with van der Waals surface area (Å²) < 4.78 is 18.4. The maximum Gasteiger partial charge on any atom is 0.263 e. The first-order valence-electron chi connectivity index (χ1n) is 6.88. The molecule has 1 saturated heterocycles. The summed E-state index contributed by atoms with van der Waals surface area (Å²) in [6.45, 7) is 3.38. The van der Waals surface area contributed by atoms with Crippen LogP contribution in [0.3, 0.4) is 0 Å². The summed E-state index contributed by atoms with van der Waals surface area (Å²) in [4.78, 5) is 14.1. The van der Waals surface area contributed by atoms with Gasteiger partial charge in [0.15, 0.2) is 6.10 Å². The van der Waals surface area contributed by atoms with E-state index in [-0.39, 0.29) is 11.7 Å². The number of carbonyl (C=O) groups excluding carboxylic acids is 1. The van der Waals surface area contributed by atoms with Crippen LogP contribution in [0.2, 0.25) is 0 Å². The first-order chi connectivity index (χ1) is 9.16. The molecule has 2 rings (SSSR count). The highest BCUT2D eigenvalue weighted by Gasteiger charge is 2.22. The molecular weight excluding hydrogens is 245 g/mol. The molecule has 0 bridgehead atoms. The molecule has 1 aromatic carbocycles. The summed E-state index contributed by atoms with van der Waals surface area (Å²) in [7, 11) is 0. The molecule has 0 spiro atoms. The molecule has 1 heterocycles. The van der Waals surface area contributed by atoms with Crippen LogP contribution in [0.1, 0.15) is 32.6 Å². The minimum absolute atomic E-state index is 0.0197. The molecule has 4 heteroatoms. The number of hydrogen-bond acceptors (Lipinski definition) is 2. The normalized spacial score (nSPS) is 17.7. The van der Waals surface area contributed by atoms with Crippen molar-refractivity contribution in [3.63, 3.8) is 0 Å². The number of ether oxygens (including phenoxy) is 1. The first-order valence-corrected chi connectivity index (χ1v) is 6.88. The van der Waals surface area contributed by atoms with Gasteiger partial charge < -0.3 is 9.64 Å². The van der Waals surface area contributed by atoms with E-state index >= 15 is 0 Å². The van der Waals surface area contributed by atoms with Crippen LogP contribution in [0.25, 0.3) is 0 Å². The van der Waals surface area contributed by atoms with Crippen LogP contribution in [0.15, 0.2) is 24.3 Å². The highest BCUT2D eigenvalue weighted by atomic mass is 19.1. The molecule has 0 unspecified atom stereocenters. The largest absolute Gasteiger partial charge is 0.481 e. The van der Waals surface area contributed by atoms with Crippen molar-refractivity contribution >= 4 is 5.91 Å². The minimum Gasteiger partial charge on any atom is -0.481 e. The van der Waals surface area contributed by atoms with Crippen molar-refractivity contribution in [1.82, 2.24) is 4.90 Å². The van der Waals surface area contributed by atoms with E-state index in [0.717, 1.165) is 25.9 Å². The van der Waals surface area contributed by atoms with Gasteiger partial charge in [-0.25, -0.2) is 4.39 Å². The second-order valence-corrected chi connectivity index (χ2v) is 4.95. The molecule has 0 saturated carbocycles. The van der Waals surface area contributed by atoms with Gasteiger partial charge in [-0.15, -0.1) is 0 Å². The third-order valence-electron chi connectivity index (χ3n) is 3.39. The van der Waals surface area contributed by atoms with Crippen LogP contribution in [0.5, 0.6) is 5.75 Å². The Morgan fingerprint density at radius 2 is 1.74 bits per heavy atom. The number of nitrogens with zero attached hydrogens (tertiary/aromatic N) is 1. The van der Waals surface area contributed by atoms with Gasteiger partial charge in [0.1, 0.15) is 11.6 Å². The van der Waals surface area contributed by atoms with Crippen LogP contribution >= 0.6 is 0 Å². The van der Waals surface area contributed by atoms with E-state index in [1.54, 1.807) is 19.1 Å². The molecule has 104 valence electrons. The molecule has 1 aliphatic heterocycles. The summed E-state index contributed by atoms with van der Waals surface area (Å²) in [5.41, 5.74) is 0. The molecule has 1 atom stereocenters. The van der Waals surface area contributed by atoms with Gasteiger partial charge in [-0.05, 0) is 44.0 Å². The number of hydrogen-bond donors (Lipinski definition) is 0. The highest BCUT2D eigenvalue weighted by molar-refractivity contribution is 5.80. The summed E-state index contributed by atoms with van der Waals surface area (Å²) in [5.74, 6) is 0.238. The lowest BCUT2D eigenvalue weighted by molar-refractivity contribution is -0.137. The topological polar surface area (TPSA) is 29.5 Å². The number of halogens is 1. The van der Waals surface area contributed by atoms with Crippen LogP contribution in [-0.4, -0.2) is 30.0 Å². The Bertz CT molecular complexity index is 411. The molecule has 0 aromatic heterocycles. The third-order valence-corrected chi connectivity index (χ3v) is 3.39. The highest BCUT2D eigenvalue weighted by Crippen LogP contribution is 2.16. The Morgan fingerprint density at radius 1 is 1.16 bits per heavy atom. The van der Waals surface area contributed by atoms with E-state index in [0.29, 0.717) is 5.75 Å². The standard InChI is InChI=1S/C15H20FNO2/c1-12(19-14-8-6-13(16)7-9-14)15(18)17-10-4-2-3-5-11-17/h6-9,12H,2-5,10-11H2,1H3/t12-/m0/s1. The first kappa shape index (κ1) is 13.8. The minimum atomic E-state index is -0.524. The Labute approximate surface area is 113 Å². The van der Waals surface area contributed by atoms with Gasteiger partial charge in [0.25, 0.3) is 5.91 Å². The lowest BCUT2D eigenvalue weighted by Gasteiger charge is -2.24. The average Bonchev–Trinajstić information content (AvgIpc) is 2.69. The zero-order valence-electron chi connectivity index (χ0n) is 11.3. The number of amides is 1. The van der Waals surface area contributed by atoms with E-state index in [9.17, 15) is 9.18 Å². The van der Waals surface area contributed by atoms with E-state index in [1.807, 2.05) is 4.90 Å². The SMILES string of the molecule is C[C@H](Oc1ccc(F)cc1)C(=O)N1CCCCCC1. The molecule has 19 heavy (non-hydrogen) atoms. The predicted octanol–water partition coefficient (Wildman–Crippen LogP) is 3.00. The summed E-state index contributed by atoms with van der Waals surface area (Å²) in [6.07, 6.45) is 3.99. The van der Waals surface area contributed by atoms with Crippen LogP contribution in [0, 0.1) is 5.82 Å². The van der Waals surface area contributed by atoms with E-state index in [4.69, 9.17) is 4.74 Å². The quantitative estimate of drug-likeness (QED) is 0.841. The average molecular weight is 265 g/mol. The second kappa shape index (κ2) is 6.55. The molecule has 0 radical (unpaired) electrons. The summed E-state index contributed by atoms with van der Waals surface area (Å²) in [5, 5.41) is 0. The lowest BCUT2D eigenvalue weighted by Crippen LogP contribution is -2.40. The fourth-order valence-electron chi connectivity index (χ4n) is 2.32. The maximum atomic E-state index is 12.8. The van der Waals surface area contributed by atoms with Crippen molar-refractivity contribution in [2.24, 2.45) is 0 Å². The fourth-order valence-corrected chi connectivity index (χ4v) is 2.32. The van der Waals surface area contributed by atoms with E-state index < -0.39 is 6.10 Å². The number of benzene rings is 1. The Kier molecular flexibility index (Phi) is 4.77. The maximum absolute atomic E-state index is 12.8. The Balaban J connectivity index is 1.92. The summed E-state index contributed by atoms with van der Waals surface area (Å²) >= 11 is 0. The smallest absolute Gasteiger partial charge is 0.263 e. The Hall–Kier alpha value is -1.58. The third kappa shape index (κ3) is 3.94. The molecule has 1 fully saturated rings. The zero-order chi connectivity index (χ0) is 13.7. The molecule has 3 nitrogen and oxygen atoms in total. The number of rotatable bonds is 3. The monoisotopic (exact) mass is 265 g/mol. The fraction of sp³-hybridized carbons (Fsp3) is 0.533. The van der Waals surface area contributed by atoms with Gasteiger partial charge in [-0.3, -0.25) is 4.79 Å². The van der Waals surface area contributed by atoms with Gasteiger partial charge >= 0.3 is 0 Å². The zero-order valence-corrected chi connectivity index (χ0v) is 11.3. The molecular formula is C15H20FNO2. The van der Waals surface area contributed by atoms with Crippen molar-refractivity contribution in [3.05, 3.63) is 30.1 Å². The number of carbonyl (C=O) groups is 1. The van der Waals surface area contributed by atoms with Crippen molar-refractivity contribution < 1.29 is 13.9 Å². The van der Waals surface area contributed by atoms with Crippen LogP contribution in [0.4, 0.5) is 4.39 Å².